The van der Waals surface area contributed by atoms with Gasteiger partial charge in [-0.2, -0.15) is 10.4 Å². The maximum atomic E-state index is 9.02. The number of rotatable bonds is 2. The molecule has 4 nitrogen and oxygen atoms in total. The minimum atomic E-state index is -0.0717. The number of hydrogen-bond donors (Lipinski definition) is 1. The molecule has 0 spiro atoms. The van der Waals surface area contributed by atoms with Gasteiger partial charge in [0.25, 0.3) is 0 Å². The third-order valence-corrected chi connectivity index (χ3v) is 2.57. The third-order valence-electron chi connectivity index (χ3n) is 2.16. The van der Waals surface area contributed by atoms with Gasteiger partial charge in [0.05, 0.1) is 28.5 Å². The maximum Gasteiger partial charge on any atom is 0.101 e. The van der Waals surface area contributed by atoms with Crippen LogP contribution in [0, 0.1) is 11.3 Å². The first-order chi connectivity index (χ1) is 7.74. The summed E-state index contributed by atoms with van der Waals surface area (Å²) in [4.78, 5) is 0. The first kappa shape index (κ1) is 10.9. The predicted molar refractivity (Wildman–Crippen MR) is 61.9 cm³/mol. The Labute approximate surface area is 101 Å². The van der Waals surface area contributed by atoms with E-state index in [1.54, 1.807) is 35.3 Å². The molecule has 16 heavy (non-hydrogen) atoms. The zero-order valence-corrected chi connectivity index (χ0v) is 9.85. The van der Waals surface area contributed by atoms with Crippen molar-refractivity contribution < 1.29 is 5.11 Å². The van der Waals surface area contributed by atoms with Crippen molar-refractivity contribution in [2.24, 2.45) is 0 Å². The summed E-state index contributed by atoms with van der Waals surface area (Å²) in [7, 11) is 0. The first-order valence-electron chi connectivity index (χ1n) is 4.59. The lowest BCUT2D eigenvalue weighted by atomic mass is 10.1. The number of nitriles is 1. The van der Waals surface area contributed by atoms with Gasteiger partial charge in [0.2, 0.25) is 0 Å². The van der Waals surface area contributed by atoms with E-state index in [1.807, 2.05) is 0 Å². The minimum absolute atomic E-state index is 0.0717. The Morgan fingerprint density at radius 3 is 2.88 bits per heavy atom. The lowest BCUT2D eigenvalue weighted by Gasteiger charge is -2.05. The van der Waals surface area contributed by atoms with Crippen molar-refractivity contribution in [1.29, 1.82) is 5.26 Å². The predicted octanol–water partition coefficient (Wildman–Crippen LogP) is 2.00. The Balaban J connectivity index is 2.53. The van der Waals surface area contributed by atoms with E-state index in [0.717, 1.165) is 4.47 Å². The highest BCUT2D eigenvalue weighted by atomic mass is 79.9. The summed E-state index contributed by atoms with van der Waals surface area (Å²) >= 11 is 3.30. The highest BCUT2D eigenvalue weighted by molar-refractivity contribution is 9.10. The molecular formula is C11H8BrN3O. The largest absolute Gasteiger partial charge is 0.392 e. The molecule has 2 rings (SSSR count). The van der Waals surface area contributed by atoms with Crippen molar-refractivity contribution in [1.82, 2.24) is 9.78 Å². The van der Waals surface area contributed by atoms with Crippen LogP contribution in [-0.4, -0.2) is 14.9 Å². The minimum Gasteiger partial charge on any atom is -0.392 e. The second-order valence-corrected chi connectivity index (χ2v) is 4.14. The lowest BCUT2D eigenvalue weighted by Crippen LogP contribution is -1.99. The summed E-state index contributed by atoms with van der Waals surface area (Å²) in [6.45, 7) is -0.0717. The van der Waals surface area contributed by atoms with E-state index >= 15 is 0 Å². The van der Waals surface area contributed by atoms with Crippen LogP contribution in [0.1, 0.15) is 11.1 Å². The average Bonchev–Trinajstić information content (AvgIpc) is 2.74. The monoisotopic (exact) mass is 277 g/mol. The fourth-order valence-electron chi connectivity index (χ4n) is 1.40. The molecule has 2 aromatic rings. The molecule has 0 aliphatic heterocycles. The van der Waals surface area contributed by atoms with Crippen molar-refractivity contribution in [2.75, 3.05) is 0 Å². The highest BCUT2D eigenvalue weighted by Gasteiger charge is 2.06. The van der Waals surface area contributed by atoms with Gasteiger partial charge in [-0.15, -0.1) is 0 Å². The van der Waals surface area contributed by atoms with Crippen LogP contribution >= 0.6 is 15.9 Å². The molecule has 5 heteroatoms. The number of hydrogen-bond acceptors (Lipinski definition) is 3. The van der Waals surface area contributed by atoms with E-state index in [-0.39, 0.29) is 6.61 Å². The Morgan fingerprint density at radius 2 is 2.31 bits per heavy atom. The number of aliphatic hydroxyl groups excluding tert-OH is 1. The van der Waals surface area contributed by atoms with Crippen molar-refractivity contribution in [3.8, 4) is 11.8 Å². The van der Waals surface area contributed by atoms with Crippen LogP contribution in [0.25, 0.3) is 5.69 Å². The Bertz CT molecular complexity index is 557. The molecule has 0 aliphatic rings. The number of aliphatic hydroxyl groups is 1. The summed E-state index contributed by atoms with van der Waals surface area (Å²) in [5, 5.41) is 22.1. The van der Waals surface area contributed by atoms with E-state index in [9.17, 15) is 0 Å². The Kier molecular flexibility index (Phi) is 3.04. The van der Waals surface area contributed by atoms with E-state index in [1.165, 1.54) is 0 Å². The van der Waals surface area contributed by atoms with Crippen LogP contribution in [0.3, 0.4) is 0 Å². The lowest BCUT2D eigenvalue weighted by molar-refractivity contribution is 0.282. The van der Waals surface area contributed by atoms with Gasteiger partial charge in [-0.25, -0.2) is 4.68 Å². The van der Waals surface area contributed by atoms with Gasteiger partial charge >= 0.3 is 0 Å². The zero-order valence-electron chi connectivity index (χ0n) is 8.26. The molecule has 80 valence electrons. The third kappa shape index (κ3) is 1.98. The van der Waals surface area contributed by atoms with Crippen LogP contribution in [0.2, 0.25) is 0 Å². The van der Waals surface area contributed by atoms with Crippen LogP contribution < -0.4 is 0 Å². The van der Waals surface area contributed by atoms with Crippen molar-refractivity contribution in [2.45, 2.75) is 6.61 Å². The van der Waals surface area contributed by atoms with Gasteiger partial charge in [0, 0.05) is 6.20 Å². The summed E-state index contributed by atoms with van der Waals surface area (Å²) in [5.74, 6) is 0. The fourth-order valence-corrected chi connectivity index (χ4v) is 1.69. The summed E-state index contributed by atoms with van der Waals surface area (Å²) in [5.41, 5.74) is 1.90. The quantitative estimate of drug-likeness (QED) is 0.913. The molecule has 0 fully saturated rings. The Hall–Kier alpha value is -1.64. The summed E-state index contributed by atoms with van der Waals surface area (Å²) in [6, 6.07) is 7.29. The SMILES string of the molecule is N#Cc1cc(CO)ccc1-n1cc(Br)cn1. The normalized spacial score (nSPS) is 10.1. The highest BCUT2D eigenvalue weighted by Crippen LogP contribution is 2.17. The van der Waals surface area contributed by atoms with Crippen molar-refractivity contribution in [3.63, 3.8) is 0 Å². The maximum absolute atomic E-state index is 9.02. The number of nitrogens with zero attached hydrogens (tertiary/aromatic N) is 3. The van der Waals surface area contributed by atoms with Crippen molar-refractivity contribution in [3.05, 3.63) is 46.2 Å². The molecule has 1 heterocycles. The summed E-state index contributed by atoms with van der Waals surface area (Å²) < 4.78 is 2.46. The van der Waals surface area contributed by atoms with Gasteiger partial charge in [-0.3, -0.25) is 0 Å². The molecule has 0 unspecified atom stereocenters. The van der Waals surface area contributed by atoms with E-state index in [0.29, 0.717) is 16.8 Å². The number of benzene rings is 1. The number of aromatic nitrogens is 2. The molecule has 0 saturated heterocycles. The van der Waals surface area contributed by atoms with E-state index in [2.05, 4.69) is 27.1 Å². The van der Waals surface area contributed by atoms with Gasteiger partial charge in [-0.05, 0) is 33.6 Å². The summed E-state index contributed by atoms with van der Waals surface area (Å²) in [6.07, 6.45) is 3.43. The van der Waals surface area contributed by atoms with Crippen LogP contribution in [-0.2, 0) is 6.61 Å². The van der Waals surface area contributed by atoms with Gasteiger partial charge < -0.3 is 5.11 Å². The second-order valence-electron chi connectivity index (χ2n) is 3.22. The van der Waals surface area contributed by atoms with Gasteiger partial charge in [-0.1, -0.05) is 6.07 Å². The zero-order chi connectivity index (χ0) is 11.5. The Morgan fingerprint density at radius 1 is 1.50 bits per heavy atom. The van der Waals surface area contributed by atoms with Crippen LogP contribution in [0.5, 0.6) is 0 Å². The van der Waals surface area contributed by atoms with E-state index in [4.69, 9.17) is 10.4 Å². The van der Waals surface area contributed by atoms with Crippen LogP contribution in [0.15, 0.2) is 35.1 Å². The molecule has 0 radical (unpaired) electrons. The van der Waals surface area contributed by atoms with Gasteiger partial charge in [0.15, 0.2) is 0 Å². The smallest absolute Gasteiger partial charge is 0.101 e. The molecule has 0 atom stereocenters. The van der Waals surface area contributed by atoms with Gasteiger partial charge in [0.1, 0.15) is 6.07 Å². The average molecular weight is 278 g/mol. The molecule has 0 bridgehead atoms. The molecule has 0 amide bonds. The molecule has 1 N–H and O–H groups in total. The number of halogens is 1. The van der Waals surface area contributed by atoms with Crippen LogP contribution in [0.4, 0.5) is 0 Å². The molecule has 1 aromatic carbocycles. The second kappa shape index (κ2) is 4.47. The fraction of sp³-hybridized carbons (Fsp3) is 0.0909. The van der Waals surface area contributed by atoms with Crippen molar-refractivity contribution >= 4 is 15.9 Å². The molecule has 1 aromatic heterocycles. The topological polar surface area (TPSA) is 61.8 Å². The molecular weight excluding hydrogens is 270 g/mol. The first-order valence-corrected chi connectivity index (χ1v) is 5.38. The standard InChI is InChI=1S/C11H8BrN3O/c12-10-5-14-15(6-10)11-2-1-8(7-16)3-9(11)4-13/h1-3,5-6,16H,7H2. The molecule has 0 saturated carbocycles. The molecule has 0 aliphatic carbocycles. The van der Waals surface area contributed by atoms with E-state index < -0.39 is 0 Å².